The Morgan fingerprint density at radius 2 is 1.00 bits per heavy atom. The lowest BCUT2D eigenvalue weighted by atomic mass is 10.3. The van der Waals surface area contributed by atoms with Gasteiger partial charge in [0.05, 0.1) is 24.3 Å². The first-order chi connectivity index (χ1) is 18.2. The highest BCUT2D eigenvalue weighted by Crippen LogP contribution is 2.17. The van der Waals surface area contributed by atoms with Gasteiger partial charge < -0.3 is 42.0 Å². The summed E-state index contributed by atoms with van der Waals surface area (Å²) in [6, 6.07) is 25.6. The molecule has 4 rings (SSSR count). The van der Waals surface area contributed by atoms with E-state index >= 15 is 0 Å². The zero-order valence-electron chi connectivity index (χ0n) is 22.0. The van der Waals surface area contributed by atoms with Gasteiger partial charge in [-0.1, -0.05) is 36.4 Å². The quantitative estimate of drug-likeness (QED) is 0.270. The molecule has 0 spiro atoms. The van der Waals surface area contributed by atoms with E-state index in [0.717, 1.165) is 16.3 Å². The Morgan fingerprint density at radius 3 is 1.28 bits per heavy atom. The Labute approximate surface area is 237 Å². The molecule has 2 aromatic carbocycles. The molecule has 0 aliphatic rings. The van der Waals surface area contributed by atoms with Gasteiger partial charge in [-0.25, -0.2) is 9.13 Å². The van der Waals surface area contributed by atoms with E-state index in [1.165, 1.54) is 14.1 Å². The van der Waals surface area contributed by atoms with Crippen LogP contribution in [-0.4, -0.2) is 35.3 Å². The van der Waals surface area contributed by atoms with Crippen LogP contribution in [0.3, 0.4) is 0 Å². The monoisotopic (exact) mass is 595 g/mol. The highest BCUT2D eigenvalue weighted by atomic mass is 79.9. The van der Waals surface area contributed by atoms with Crippen molar-refractivity contribution < 1.29 is 46.2 Å². The topological polar surface area (TPSA) is 141 Å². The number of hydrogen-bond donors (Lipinski definition) is 2. The number of aryl methyl sites for hydroxylation is 2. The molecule has 12 heteroatoms. The minimum absolute atomic E-state index is 0. The fourth-order valence-corrected chi connectivity index (χ4v) is 2.59. The Kier molecular flexibility index (Phi) is 14.0. The predicted molar refractivity (Wildman–Crippen MR) is 139 cm³/mol. The van der Waals surface area contributed by atoms with Crippen LogP contribution in [0.1, 0.15) is 0 Å². The van der Waals surface area contributed by atoms with E-state index in [2.05, 4.69) is 20.5 Å². The molecular formula is C27H30BrN7O4. The summed E-state index contributed by atoms with van der Waals surface area (Å²) in [7, 11) is 6.43. The van der Waals surface area contributed by atoms with Crippen molar-refractivity contribution in [2.75, 3.05) is 14.1 Å². The second-order valence-corrected chi connectivity index (χ2v) is 7.94. The van der Waals surface area contributed by atoms with E-state index in [9.17, 15) is 20.1 Å². The fourth-order valence-electron chi connectivity index (χ4n) is 2.59. The number of nitrogens with zero attached hydrogens (tertiary/aromatic N) is 7. The van der Waals surface area contributed by atoms with Crippen LogP contribution in [0.25, 0.3) is 0 Å². The summed E-state index contributed by atoms with van der Waals surface area (Å²) in [6.07, 6.45) is 2.01. The van der Waals surface area contributed by atoms with Gasteiger partial charge >= 0.3 is 11.6 Å². The molecule has 2 heterocycles. The molecule has 0 fully saturated rings. The summed E-state index contributed by atoms with van der Waals surface area (Å²) < 4.78 is 3.42. The molecule has 0 bridgehead atoms. The van der Waals surface area contributed by atoms with E-state index in [-0.39, 0.29) is 28.5 Å². The van der Waals surface area contributed by atoms with Crippen molar-refractivity contribution >= 4 is 29.1 Å². The van der Waals surface area contributed by atoms with Crippen molar-refractivity contribution in [2.24, 2.45) is 34.6 Å². The van der Waals surface area contributed by atoms with Gasteiger partial charge in [0.1, 0.15) is 29.9 Å². The maximum Gasteiger partial charge on any atom is 0.350 e. The lowest BCUT2D eigenvalue weighted by Crippen LogP contribution is -3.00. The van der Waals surface area contributed by atoms with Gasteiger partial charge in [0.15, 0.2) is 11.5 Å². The molecule has 0 aliphatic carbocycles. The molecule has 0 radical (unpaired) electrons. The summed E-state index contributed by atoms with van der Waals surface area (Å²) in [6.45, 7) is 0. The number of hydrogen-bond acceptors (Lipinski definition) is 8. The molecule has 0 atom stereocenters. The number of rotatable bonds is 4. The third kappa shape index (κ3) is 12.4. The predicted octanol–water partition coefficient (Wildman–Crippen LogP) is 1.16. The van der Waals surface area contributed by atoms with E-state index in [1.807, 2.05) is 60.7 Å². The van der Waals surface area contributed by atoms with Crippen LogP contribution >= 0.6 is 0 Å². The van der Waals surface area contributed by atoms with Gasteiger partial charge in [-0.05, 0) is 46.6 Å². The number of carbonyl (C=O) groups is 1. The summed E-state index contributed by atoms with van der Waals surface area (Å²) >= 11 is 0. The maximum atomic E-state index is 9.51. The van der Waals surface area contributed by atoms with Crippen LogP contribution in [0.2, 0.25) is 0 Å². The van der Waals surface area contributed by atoms with Crippen LogP contribution in [0, 0.1) is 0 Å². The number of amides is 1. The lowest BCUT2D eigenvalue weighted by molar-refractivity contribution is -0.659. The first kappa shape index (κ1) is 32.3. The second-order valence-electron chi connectivity index (χ2n) is 7.94. The molecule has 4 aromatic rings. The minimum atomic E-state index is -1.16. The van der Waals surface area contributed by atoms with E-state index in [0.29, 0.717) is 11.6 Å². The summed E-state index contributed by atoms with van der Waals surface area (Å²) in [5.74, 6) is 1.78. The largest absolute Gasteiger partial charge is 1.00 e. The first-order valence-electron chi connectivity index (χ1n) is 11.3. The molecular weight excluding hydrogens is 566 g/mol. The van der Waals surface area contributed by atoms with Gasteiger partial charge in [0, 0.05) is 26.2 Å². The number of azo groups is 2. The Morgan fingerprint density at radius 1 is 0.667 bits per heavy atom. The van der Waals surface area contributed by atoms with Crippen LogP contribution in [0.4, 0.5) is 27.8 Å². The average molecular weight is 596 g/mol. The Bertz CT molecular complexity index is 1270. The third-order valence-electron chi connectivity index (χ3n) is 4.59. The Balaban J connectivity index is 0.000000318. The summed E-state index contributed by atoms with van der Waals surface area (Å²) in [5, 5.41) is 44.3. The molecule has 0 saturated heterocycles. The van der Waals surface area contributed by atoms with Crippen molar-refractivity contribution in [1.82, 2.24) is 4.90 Å². The Hall–Kier alpha value is -4.71. The summed E-state index contributed by atoms with van der Waals surface area (Å²) in [5.41, 5.74) is 1.60. The van der Waals surface area contributed by atoms with Gasteiger partial charge in [-0.15, -0.1) is 0 Å². The number of halogens is 1. The molecule has 0 saturated carbocycles. The van der Waals surface area contributed by atoms with Crippen LogP contribution in [-0.2, 0) is 14.1 Å². The van der Waals surface area contributed by atoms with Crippen LogP contribution in [0.5, 0.6) is 11.5 Å². The van der Waals surface area contributed by atoms with E-state index in [1.54, 1.807) is 59.9 Å². The number of aromatic hydroxyl groups is 2. The first-order valence-corrected chi connectivity index (χ1v) is 11.3. The van der Waals surface area contributed by atoms with Crippen LogP contribution in [0.15, 0.2) is 118 Å². The second kappa shape index (κ2) is 16.9. The van der Waals surface area contributed by atoms with Gasteiger partial charge in [0.2, 0.25) is 0 Å². The van der Waals surface area contributed by atoms with Gasteiger partial charge in [0.25, 0.3) is 0 Å². The van der Waals surface area contributed by atoms with E-state index < -0.39 is 6.09 Å². The minimum Gasteiger partial charge on any atom is -1.00 e. The highest BCUT2D eigenvalue weighted by Gasteiger charge is 2.07. The standard InChI is InChI=1S/2C12H11N3O.C3H7NO2.BrH/c2*1-15-9-11(16)7-8-12(15)14-13-10-5-3-2-4-6-10;1-4(2)3(5)6;/h2*2-9H,1H3;1-2H3,(H,5,6);1H. The molecule has 1 amide bonds. The van der Waals surface area contributed by atoms with Gasteiger partial charge in [-0.3, -0.25) is 0 Å². The molecule has 204 valence electrons. The number of benzene rings is 2. The fraction of sp³-hybridized carbons (Fsp3) is 0.148. The number of carboxylic acid groups (broad SMARTS) is 1. The van der Waals surface area contributed by atoms with Crippen molar-refractivity contribution in [2.45, 2.75) is 0 Å². The zero-order chi connectivity index (χ0) is 27.9. The SMILES string of the molecule is CN(C)C(=O)[O-].C[n+]1cc(O)ccc1N=Nc1ccccc1.C[n+]1cc(O)ccc1N=Nc1ccccc1.[Br-]. The molecule has 0 aliphatic heterocycles. The highest BCUT2D eigenvalue weighted by molar-refractivity contribution is 5.61. The van der Waals surface area contributed by atoms with Crippen LogP contribution < -0.4 is 31.2 Å². The third-order valence-corrected chi connectivity index (χ3v) is 4.59. The molecule has 2 aromatic heterocycles. The molecule has 2 N–H and O–H groups in total. The smallest absolute Gasteiger partial charge is 0.350 e. The maximum absolute atomic E-state index is 9.51. The van der Waals surface area contributed by atoms with Crippen molar-refractivity contribution in [3.8, 4) is 11.5 Å². The normalized spacial score (nSPS) is 10.1. The van der Waals surface area contributed by atoms with Crippen molar-refractivity contribution in [3.63, 3.8) is 0 Å². The molecule has 39 heavy (non-hydrogen) atoms. The lowest BCUT2D eigenvalue weighted by Gasteiger charge is -2.10. The van der Waals surface area contributed by atoms with E-state index in [4.69, 9.17) is 0 Å². The number of carbonyl (C=O) groups excluding carboxylic acids is 1. The van der Waals surface area contributed by atoms with Crippen molar-refractivity contribution in [3.05, 3.63) is 97.3 Å². The number of aromatic nitrogens is 2. The summed E-state index contributed by atoms with van der Waals surface area (Å²) in [4.78, 5) is 10.5. The zero-order valence-corrected chi connectivity index (χ0v) is 23.5. The molecule has 11 nitrogen and oxygen atoms in total. The van der Waals surface area contributed by atoms with Crippen molar-refractivity contribution in [1.29, 1.82) is 0 Å². The average Bonchev–Trinajstić information content (AvgIpc) is 2.90. The van der Waals surface area contributed by atoms with Gasteiger partial charge in [-0.2, -0.15) is 0 Å². The number of pyridine rings is 2. The molecule has 0 unspecified atom stereocenters.